The second kappa shape index (κ2) is 16.0. The van der Waals surface area contributed by atoms with Gasteiger partial charge in [-0.2, -0.15) is 0 Å². The molecular formula is C42H46N4O4. The number of amides is 1. The highest BCUT2D eigenvalue weighted by atomic mass is 16.7. The number of para-hydroxylation sites is 2. The third kappa shape index (κ3) is 7.95. The fourth-order valence-electron chi connectivity index (χ4n) is 7.19. The van der Waals surface area contributed by atoms with E-state index in [9.17, 15) is 9.90 Å². The number of aromatic nitrogens is 2. The molecule has 0 bridgehead atoms. The van der Waals surface area contributed by atoms with E-state index in [1.807, 2.05) is 54.6 Å². The van der Waals surface area contributed by atoms with Gasteiger partial charge in [0.2, 0.25) is 0 Å². The number of rotatable bonds is 9. The lowest BCUT2D eigenvalue weighted by Crippen LogP contribution is -2.45. The number of ether oxygens (including phenoxy) is 2. The van der Waals surface area contributed by atoms with Gasteiger partial charge in [0.1, 0.15) is 5.69 Å². The number of fused-ring (bicyclic) bond motifs is 1. The van der Waals surface area contributed by atoms with Crippen molar-refractivity contribution in [3.63, 3.8) is 0 Å². The van der Waals surface area contributed by atoms with Crippen LogP contribution in [0.25, 0.3) is 22.2 Å². The number of nitrogens with one attached hydrogen (secondary N) is 1. The van der Waals surface area contributed by atoms with Crippen molar-refractivity contribution in [2.75, 3.05) is 19.6 Å². The minimum absolute atomic E-state index is 0.00648. The third-order valence-corrected chi connectivity index (χ3v) is 10.1. The fraction of sp³-hybridized carbons (Fsp3) is 0.357. The molecule has 2 fully saturated rings. The SMILES string of the molecule is C[C@H]1[C@@H](CN2CCCCCCC2)O[C@@H](c2ccc(-c3ccccc3CNC(=O)c3cnc4ccccc4n3)cc2)O[C@H]1c1ccc(CO)cc1. The first kappa shape index (κ1) is 34.0. The molecule has 2 aliphatic rings. The lowest BCUT2D eigenvalue weighted by atomic mass is 9.89. The predicted octanol–water partition coefficient (Wildman–Crippen LogP) is 7.78. The summed E-state index contributed by atoms with van der Waals surface area (Å²) in [4.78, 5) is 24.5. The fourth-order valence-corrected chi connectivity index (χ4v) is 7.19. The Bertz CT molecular complexity index is 1870. The van der Waals surface area contributed by atoms with Crippen LogP contribution in [0.1, 0.15) is 84.2 Å². The van der Waals surface area contributed by atoms with Crippen LogP contribution < -0.4 is 5.32 Å². The van der Waals surface area contributed by atoms with Crippen molar-refractivity contribution < 1.29 is 19.4 Å². The molecule has 3 heterocycles. The van der Waals surface area contributed by atoms with Gasteiger partial charge in [0.05, 0.1) is 36.0 Å². The normalized spacial score (nSPS) is 21.7. The number of benzene rings is 4. The first-order chi connectivity index (χ1) is 24.6. The van der Waals surface area contributed by atoms with Gasteiger partial charge in [0, 0.05) is 24.6 Å². The van der Waals surface area contributed by atoms with Crippen LogP contribution >= 0.6 is 0 Å². The molecule has 0 aliphatic carbocycles. The summed E-state index contributed by atoms with van der Waals surface area (Å²) in [5.41, 5.74) is 7.78. The maximum atomic E-state index is 13.0. The Kier molecular flexibility index (Phi) is 10.9. The number of carbonyl (C=O) groups is 1. The zero-order valence-corrected chi connectivity index (χ0v) is 28.7. The topological polar surface area (TPSA) is 96.8 Å². The summed E-state index contributed by atoms with van der Waals surface area (Å²) in [5.74, 6) is -0.112. The van der Waals surface area contributed by atoms with Crippen molar-refractivity contribution in [1.82, 2.24) is 20.2 Å². The first-order valence-electron chi connectivity index (χ1n) is 18.0. The third-order valence-electron chi connectivity index (χ3n) is 10.1. The Morgan fingerprint density at radius 3 is 2.26 bits per heavy atom. The summed E-state index contributed by atoms with van der Waals surface area (Å²) in [7, 11) is 0. The molecule has 2 saturated heterocycles. The van der Waals surface area contributed by atoms with Gasteiger partial charge in [-0.25, -0.2) is 4.98 Å². The number of carbonyl (C=O) groups excluding carboxylic acids is 1. The van der Waals surface area contributed by atoms with Crippen molar-refractivity contribution in [2.45, 2.75) is 70.7 Å². The Morgan fingerprint density at radius 1 is 0.820 bits per heavy atom. The summed E-state index contributed by atoms with van der Waals surface area (Å²) in [5, 5.41) is 12.7. The molecule has 0 radical (unpaired) electrons. The van der Waals surface area contributed by atoms with Crippen LogP contribution in [-0.4, -0.2) is 51.6 Å². The van der Waals surface area contributed by atoms with E-state index in [1.165, 1.54) is 38.3 Å². The molecule has 8 heteroatoms. The molecule has 0 unspecified atom stereocenters. The van der Waals surface area contributed by atoms with E-state index in [0.717, 1.165) is 58.5 Å². The molecule has 2 aliphatic heterocycles. The molecule has 0 saturated carbocycles. The highest BCUT2D eigenvalue weighted by Gasteiger charge is 2.39. The second-order valence-electron chi connectivity index (χ2n) is 13.6. The number of likely N-dealkylation sites (tertiary alicyclic amines) is 1. The highest BCUT2D eigenvalue weighted by molar-refractivity contribution is 5.93. The standard InChI is InChI=1S/C42H46N4O4/c1-29-39(27-46-23-9-3-2-4-10-24-46)49-42(50-40(29)32-17-15-30(28-47)16-18-32)33-21-19-31(20-22-33)35-12-6-5-11-34(35)25-44-41(48)38-26-43-36-13-7-8-14-37(36)45-38/h5-8,11-22,26,29,39-40,42,47H,2-4,9-10,23-25,27-28H2,1H3,(H,44,48)/t29-,39+,40+,42+/m0/s1. The summed E-state index contributed by atoms with van der Waals surface area (Å²) in [6, 6.07) is 32.1. The Hall–Kier alpha value is -4.47. The number of hydrogen-bond acceptors (Lipinski definition) is 7. The molecule has 2 N–H and O–H groups in total. The van der Waals surface area contributed by atoms with Gasteiger partial charge in [-0.1, -0.05) is 111 Å². The molecule has 5 aromatic rings. The van der Waals surface area contributed by atoms with Gasteiger partial charge in [-0.05, 0) is 65.9 Å². The summed E-state index contributed by atoms with van der Waals surface area (Å²) < 4.78 is 13.5. The van der Waals surface area contributed by atoms with Crippen LogP contribution in [-0.2, 0) is 22.6 Å². The smallest absolute Gasteiger partial charge is 0.271 e. The quantitative estimate of drug-likeness (QED) is 0.165. The zero-order valence-electron chi connectivity index (χ0n) is 28.7. The second-order valence-corrected chi connectivity index (χ2v) is 13.6. The number of aliphatic hydroxyl groups is 1. The lowest BCUT2D eigenvalue weighted by molar-refractivity contribution is -0.276. The van der Waals surface area contributed by atoms with Crippen molar-refractivity contribution in [3.05, 3.63) is 131 Å². The van der Waals surface area contributed by atoms with Crippen LogP contribution in [0.2, 0.25) is 0 Å². The molecule has 50 heavy (non-hydrogen) atoms. The molecule has 1 aromatic heterocycles. The van der Waals surface area contributed by atoms with Crippen molar-refractivity contribution in [2.24, 2.45) is 5.92 Å². The minimum Gasteiger partial charge on any atom is -0.392 e. The predicted molar refractivity (Wildman–Crippen MR) is 195 cm³/mol. The summed E-state index contributed by atoms with van der Waals surface area (Å²) in [6.45, 7) is 5.71. The van der Waals surface area contributed by atoms with Crippen LogP contribution in [0.5, 0.6) is 0 Å². The average molecular weight is 671 g/mol. The van der Waals surface area contributed by atoms with E-state index in [0.29, 0.717) is 17.8 Å². The van der Waals surface area contributed by atoms with Gasteiger partial charge >= 0.3 is 0 Å². The molecule has 1 amide bonds. The van der Waals surface area contributed by atoms with Gasteiger partial charge in [0.15, 0.2) is 6.29 Å². The summed E-state index contributed by atoms with van der Waals surface area (Å²) in [6.07, 6.45) is 7.27. The lowest BCUT2D eigenvalue weighted by Gasteiger charge is -2.43. The number of aliphatic hydroxyl groups excluding tert-OH is 1. The van der Waals surface area contributed by atoms with E-state index < -0.39 is 6.29 Å². The van der Waals surface area contributed by atoms with E-state index in [4.69, 9.17) is 9.47 Å². The van der Waals surface area contributed by atoms with E-state index in [1.54, 1.807) is 0 Å². The maximum Gasteiger partial charge on any atom is 0.271 e. The molecule has 0 spiro atoms. The highest BCUT2D eigenvalue weighted by Crippen LogP contribution is 2.42. The van der Waals surface area contributed by atoms with Crippen LogP contribution in [0, 0.1) is 5.92 Å². The molecule has 4 atom stereocenters. The van der Waals surface area contributed by atoms with E-state index in [2.05, 4.69) is 69.6 Å². The van der Waals surface area contributed by atoms with E-state index >= 15 is 0 Å². The largest absolute Gasteiger partial charge is 0.392 e. The molecule has 258 valence electrons. The maximum absolute atomic E-state index is 13.0. The van der Waals surface area contributed by atoms with E-state index in [-0.39, 0.29) is 30.6 Å². The van der Waals surface area contributed by atoms with Gasteiger partial charge in [0.25, 0.3) is 5.91 Å². The van der Waals surface area contributed by atoms with Crippen molar-refractivity contribution in [3.8, 4) is 11.1 Å². The van der Waals surface area contributed by atoms with Crippen LogP contribution in [0.4, 0.5) is 0 Å². The van der Waals surface area contributed by atoms with Crippen LogP contribution in [0.15, 0.2) is 103 Å². The van der Waals surface area contributed by atoms with Gasteiger partial charge < -0.3 is 24.8 Å². The van der Waals surface area contributed by atoms with Crippen LogP contribution in [0.3, 0.4) is 0 Å². The zero-order chi connectivity index (χ0) is 34.3. The first-order valence-corrected chi connectivity index (χ1v) is 18.0. The van der Waals surface area contributed by atoms with Gasteiger partial charge in [-0.15, -0.1) is 0 Å². The summed E-state index contributed by atoms with van der Waals surface area (Å²) >= 11 is 0. The van der Waals surface area contributed by atoms with Gasteiger partial charge in [-0.3, -0.25) is 9.78 Å². The minimum atomic E-state index is -0.514. The average Bonchev–Trinajstić information content (AvgIpc) is 3.15. The number of hydrogen-bond donors (Lipinski definition) is 2. The molecular weight excluding hydrogens is 624 g/mol. The van der Waals surface area contributed by atoms with Crippen molar-refractivity contribution >= 4 is 16.9 Å². The van der Waals surface area contributed by atoms with Crippen molar-refractivity contribution in [1.29, 1.82) is 0 Å². The molecule has 7 rings (SSSR count). The number of nitrogens with zero attached hydrogens (tertiary/aromatic N) is 3. The Morgan fingerprint density at radius 2 is 1.50 bits per heavy atom. The monoisotopic (exact) mass is 670 g/mol. The molecule has 8 nitrogen and oxygen atoms in total. The Labute approximate surface area is 294 Å². The Balaban J connectivity index is 1.08. The molecule has 4 aromatic carbocycles.